The first-order valence-electron chi connectivity index (χ1n) is 6.43. The first-order chi connectivity index (χ1) is 9.82. The lowest BCUT2D eigenvalue weighted by Gasteiger charge is -2.21. The van der Waals surface area contributed by atoms with Crippen LogP contribution in [0.5, 0.6) is 0 Å². The summed E-state index contributed by atoms with van der Waals surface area (Å²) in [6.07, 6.45) is 1.59. The van der Waals surface area contributed by atoms with Gasteiger partial charge in [-0.2, -0.15) is 4.31 Å². The molecule has 2 rings (SSSR count). The van der Waals surface area contributed by atoms with Gasteiger partial charge in [0.25, 0.3) is 0 Å². The number of benzene rings is 1. The van der Waals surface area contributed by atoms with Crippen molar-refractivity contribution >= 4 is 27.6 Å². The Hall–Kier alpha value is -1.15. The van der Waals surface area contributed by atoms with Crippen LogP contribution in [0.3, 0.4) is 0 Å². The van der Waals surface area contributed by atoms with E-state index in [0.717, 1.165) is 23.2 Å². The molecular formula is C13H16ClNO5S. The van der Waals surface area contributed by atoms with Crippen molar-refractivity contribution in [2.75, 3.05) is 20.2 Å². The second kappa shape index (κ2) is 6.31. The number of nitrogens with zero attached hydrogens (tertiary/aromatic N) is 1. The lowest BCUT2D eigenvalue weighted by atomic mass is 10.2. The molecule has 21 heavy (non-hydrogen) atoms. The van der Waals surface area contributed by atoms with E-state index in [4.69, 9.17) is 21.4 Å². The van der Waals surface area contributed by atoms with Crippen LogP contribution in [-0.4, -0.2) is 50.1 Å². The molecule has 1 aliphatic heterocycles. The zero-order chi connectivity index (χ0) is 15.6. The van der Waals surface area contributed by atoms with Crippen LogP contribution in [0.1, 0.15) is 23.2 Å². The van der Waals surface area contributed by atoms with E-state index in [1.54, 1.807) is 0 Å². The number of hydrogen-bond acceptors (Lipinski definition) is 4. The van der Waals surface area contributed by atoms with Gasteiger partial charge >= 0.3 is 5.97 Å². The quantitative estimate of drug-likeness (QED) is 0.888. The number of likely N-dealkylation sites (N-methyl/N-ethyl adjacent to an activating group) is 1. The lowest BCUT2D eigenvalue weighted by molar-refractivity contribution is 0.0696. The molecule has 1 aromatic rings. The molecule has 116 valence electrons. The van der Waals surface area contributed by atoms with Crippen LogP contribution in [0.4, 0.5) is 0 Å². The molecule has 0 radical (unpaired) electrons. The number of halogens is 1. The van der Waals surface area contributed by atoms with Gasteiger partial charge in [0.15, 0.2) is 0 Å². The molecule has 1 saturated heterocycles. The van der Waals surface area contributed by atoms with Crippen LogP contribution < -0.4 is 0 Å². The maximum Gasteiger partial charge on any atom is 0.335 e. The van der Waals surface area contributed by atoms with Gasteiger partial charge in [0.05, 0.1) is 16.7 Å². The summed E-state index contributed by atoms with van der Waals surface area (Å²) in [6, 6.07) is 3.62. The van der Waals surface area contributed by atoms with Crippen molar-refractivity contribution < 1.29 is 23.1 Å². The molecule has 1 aliphatic rings. The molecular weight excluding hydrogens is 318 g/mol. The van der Waals surface area contributed by atoms with E-state index < -0.39 is 16.0 Å². The molecule has 1 heterocycles. The summed E-state index contributed by atoms with van der Waals surface area (Å²) in [5, 5.41) is 8.96. The summed E-state index contributed by atoms with van der Waals surface area (Å²) < 4.78 is 31.6. The van der Waals surface area contributed by atoms with E-state index in [1.165, 1.54) is 19.2 Å². The van der Waals surface area contributed by atoms with Crippen LogP contribution in [0, 0.1) is 0 Å². The van der Waals surface area contributed by atoms with Gasteiger partial charge in [0.1, 0.15) is 4.90 Å². The fraction of sp³-hybridized carbons (Fsp3) is 0.462. The molecule has 1 N–H and O–H groups in total. The number of carboxylic acid groups (broad SMARTS) is 1. The van der Waals surface area contributed by atoms with Gasteiger partial charge in [-0.1, -0.05) is 11.6 Å². The highest BCUT2D eigenvalue weighted by molar-refractivity contribution is 7.89. The third-order valence-electron chi connectivity index (χ3n) is 3.35. The maximum absolute atomic E-state index is 12.5. The molecule has 0 aromatic heterocycles. The lowest BCUT2D eigenvalue weighted by Crippen LogP contribution is -2.34. The molecule has 0 bridgehead atoms. The maximum atomic E-state index is 12.5. The third kappa shape index (κ3) is 3.55. The molecule has 1 aromatic carbocycles. The minimum absolute atomic E-state index is 0.000750. The van der Waals surface area contributed by atoms with Crippen molar-refractivity contribution in [3.8, 4) is 0 Å². The second-order valence-corrected chi connectivity index (χ2v) is 7.29. The first-order valence-corrected chi connectivity index (χ1v) is 8.25. The summed E-state index contributed by atoms with van der Waals surface area (Å²) >= 11 is 5.92. The smallest absolute Gasteiger partial charge is 0.335 e. The van der Waals surface area contributed by atoms with Crippen molar-refractivity contribution in [1.82, 2.24) is 4.31 Å². The van der Waals surface area contributed by atoms with Crippen LogP contribution in [0.15, 0.2) is 23.1 Å². The number of aromatic carboxylic acids is 1. The molecule has 1 fully saturated rings. The van der Waals surface area contributed by atoms with E-state index >= 15 is 0 Å². The minimum atomic E-state index is -3.86. The van der Waals surface area contributed by atoms with E-state index in [9.17, 15) is 13.2 Å². The summed E-state index contributed by atoms with van der Waals surface area (Å²) in [5.74, 6) is -1.20. The summed E-state index contributed by atoms with van der Waals surface area (Å²) in [6.45, 7) is 0.851. The Morgan fingerprint density at radius 3 is 2.81 bits per heavy atom. The Kier molecular flexibility index (Phi) is 4.88. The van der Waals surface area contributed by atoms with Crippen molar-refractivity contribution in [3.63, 3.8) is 0 Å². The highest BCUT2D eigenvalue weighted by atomic mass is 35.5. The average Bonchev–Trinajstić information content (AvgIpc) is 2.91. The average molecular weight is 334 g/mol. The van der Waals surface area contributed by atoms with E-state index in [0.29, 0.717) is 6.61 Å². The first kappa shape index (κ1) is 16.2. The highest BCUT2D eigenvalue weighted by Gasteiger charge is 2.28. The number of rotatable bonds is 5. The topological polar surface area (TPSA) is 83.9 Å². The van der Waals surface area contributed by atoms with Crippen molar-refractivity contribution in [2.24, 2.45) is 0 Å². The number of sulfonamides is 1. The number of hydrogen-bond donors (Lipinski definition) is 1. The van der Waals surface area contributed by atoms with Crippen LogP contribution in [0.25, 0.3) is 0 Å². The van der Waals surface area contributed by atoms with Crippen molar-refractivity contribution in [3.05, 3.63) is 28.8 Å². The van der Waals surface area contributed by atoms with E-state index in [-0.39, 0.29) is 28.1 Å². The highest BCUT2D eigenvalue weighted by Crippen LogP contribution is 2.26. The van der Waals surface area contributed by atoms with Crippen molar-refractivity contribution in [2.45, 2.75) is 23.8 Å². The second-order valence-electron chi connectivity index (χ2n) is 4.87. The molecule has 6 nitrogen and oxygen atoms in total. The Bertz CT molecular complexity index is 640. The third-order valence-corrected chi connectivity index (χ3v) is 5.66. The summed E-state index contributed by atoms with van der Waals surface area (Å²) in [4.78, 5) is 10.8. The van der Waals surface area contributed by atoms with Gasteiger partial charge in [-0.05, 0) is 31.0 Å². The predicted molar refractivity (Wildman–Crippen MR) is 77.2 cm³/mol. The minimum Gasteiger partial charge on any atom is -0.478 e. The van der Waals surface area contributed by atoms with Crippen LogP contribution in [-0.2, 0) is 14.8 Å². The number of ether oxygens (including phenoxy) is 1. The summed E-state index contributed by atoms with van der Waals surface area (Å²) in [7, 11) is -2.42. The number of carboxylic acids is 1. The van der Waals surface area contributed by atoms with Crippen molar-refractivity contribution in [1.29, 1.82) is 0 Å². The van der Waals surface area contributed by atoms with Gasteiger partial charge in [0.2, 0.25) is 10.0 Å². The van der Waals surface area contributed by atoms with Gasteiger partial charge in [-0.15, -0.1) is 0 Å². The van der Waals surface area contributed by atoms with Gasteiger partial charge in [-0.25, -0.2) is 13.2 Å². The molecule has 1 unspecified atom stereocenters. The van der Waals surface area contributed by atoms with E-state index in [2.05, 4.69) is 0 Å². The molecule has 0 spiro atoms. The van der Waals surface area contributed by atoms with E-state index in [1.807, 2.05) is 0 Å². The Morgan fingerprint density at radius 2 is 2.24 bits per heavy atom. The zero-order valence-electron chi connectivity index (χ0n) is 11.5. The molecule has 8 heteroatoms. The Labute approximate surface area is 128 Å². The van der Waals surface area contributed by atoms with Gasteiger partial charge in [-0.3, -0.25) is 0 Å². The molecule has 0 saturated carbocycles. The molecule has 0 amide bonds. The summed E-state index contributed by atoms with van der Waals surface area (Å²) in [5.41, 5.74) is -0.122. The monoisotopic (exact) mass is 333 g/mol. The number of carbonyl (C=O) groups is 1. The Balaban J connectivity index is 2.29. The molecule has 0 aliphatic carbocycles. The largest absolute Gasteiger partial charge is 0.478 e. The zero-order valence-corrected chi connectivity index (χ0v) is 13.0. The molecule has 1 atom stereocenters. The fourth-order valence-electron chi connectivity index (χ4n) is 2.18. The SMILES string of the molecule is CN(CC1CCCO1)S(=O)(=O)c1cc(C(=O)O)ccc1Cl. The normalized spacial score (nSPS) is 19.1. The Morgan fingerprint density at radius 1 is 1.52 bits per heavy atom. The van der Waals surface area contributed by atoms with Crippen LogP contribution >= 0.6 is 11.6 Å². The van der Waals surface area contributed by atoms with Gasteiger partial charge < -0.3 is 9.84 Å². The standard InChI is InChI=1S/C13H16ClNO5S/c1-15(8-10-3-2-6-20-10)21(18,19)12-7-9(13(16)17)4-5-11(12)14/h4-5,7,10H,2-3,6,8H2,1H3,(H,16,17). The fourth-order valence-corrected chi connectivity index (χ4v) is 3.87. The predicted octanol–water partition coefficient (Wildman–Crippen LogP) is 1.84. The van der Waals surface area contributed by atoms with Crippen LogP contribution in [0.2, 0.25) is 5.02 Å². The van der Waals surface area contributed by atoms with Gasteiger partial charge in [0, 0.05) is 20.2 Å².